The van der Waals surface area contributed by atoms with Gasteiger partial charge in [-0.3, -0.25) is 19.5 Å². The van der Waals surface area contributed by atoms with Crippen molar-refractivity contribution in [1.82, 2.24) is 9.55 Å². The first-order valence-electron chi connectivity index (χ1n) is 10.0. The molecule has 0 unspecified atom stereocenters. The number of hydrogen-bond donors (Lipinski definition) is 2. The summed E-state index contributed by atoms with van der Waals surface area (Å²) in [6.45, 7) is 0.162. The Balaban J connectivity index is 1.80. The van der Waals surface area contributed by atoms with E-state index in [1.54, 1.807) is 30.3 Å². The van der Waals surface area contributed by atoms with Crippen LogP contribution in [0.1, 0.15) is 11.3 Å². The summed E-state index contributed by atoms with van der Waals surface area (Å²) in [6, 6.07) is 14.9. The van der Waals surface area contributed by atoms with E-state index in [1.807, 2.05) is 0 Å². The first-order chi connectivity index (χ1) is 16.2. The molecule has 11 heteroatoms. The summed E-state index contributed by atoms with van der Waals surface area (Å²) in [5.41, 5.74) is -1.04. The third-order valence-electron chi connectivity index (χ3n) is 5.23. The Labute approximate surface area is 196 Å². The van der Waals surface area contributed by atoms with Crippen molar-refractivity contribution in [1.29, 1.82) is 0 Å². The van der Waals surface area contributed by atoms with Gasteiger partial charge in [0.05, 0.1) is 15.9 Å². The van der Waals surface area contributed by atoms with E-state index in [0.717, 1.165) is 6.07 Å². The molecule has 0 aliphatic rings. The van der Waals surface area contributed by atoms with Crippen molar-refractivity contribution in [2.24, 2.45) is 0 Å². The predicted molar refractivity (Wildman–Crippen MR) is 125 cm³/mol. The zero-order valence-electron chi connectivity index (χ0n) is 17.4. The van der Waals surface area contributed by atoms with Crippen LogP contribution in [0.15, 0.2) is 76.7 Å². The van der Waals surface area contributed by atoms with E-state index in [0.29, 0.717) is 11.4 Å². The normalized spacial score (nSPS) is 11.5. The lowest BCUT2D eigenvalue weighted by molar-refractivity contribution is -0.387. The first-order valence-corrected chi connectivity index (χ1v) is 10.5. The number of fused-ring (bicyclic) bond motifs is 1. The van der Waals surface area contributed by atoms with Gasteiger partial charge >= 0.3 is 11.9 Å². The van der Waals surface area contributed by atoms with Crippen LogP contribution in [0, 0.1) is 10.1 Å². The molecule has 174 valence electrons. The number of rotatable bonds is 6. The maximum atomic E-state index is 13.6. The summed E-state index contributed by atoms with van der Waals surface area (Å²) in [6.07, 6.45) is -3.13. The van der Waals surface area contributed by atoms with Crippen LogP contribution < -0.4 is 10.9 Å². The SMILES string of the molecule is O=c1c2c(C(F)(F)F)cccc2cc(CCNc2ccnc(S)c2[N+](=O)[O-])n1-c1ccccc1. The van der Waals surface area contributed by atoms with Gasteiger partial charge in [-0.15, -0.1) is 12.6 Å². The third-order valence-corrected chi connectivity index (χ3v) is 5.55. The molecule has 2 heterocycles. The van der Waals surface area contributed by atoms with Crippen molar-refractivity contribution < 1.29 is 18.1 Å². The van der Waals surface area contributed by atoms with Crippen LogP contribution in [-0.2, 0) is 12.6 Å². The second kappa shape index (κ2) is 9.18. The molecule has 0 radical (unpaired) electrons. The Morgan fingerprint density at radius 1 is 1.09 bits per heavy atom. The lowest BCUT2D eigenvalue weighted by Crippen LogP contribution is -2.25. The minimum atomic E-state index is -4.69. The molecular formula is C23H17F3N4O3S. The zero-order chi connectivity index (χ0) is 24.5. The number of nitro groups is 1. The summed E-state index contributed by atoms with van der Waals surface area (Å²) in [5.74, 6) is 0. The molecule has 0 aliphatic heterocycles. The van der Waals surface area contributed by atoms with Gasteiger partial charge in [0.2, 0.25) is 0 Å². The molecular weight excluding hydrogens is 469 g/mol. The number of thiol groups is 1. The average molecular weight is 486 g/mol. The van der Waals surface area contributed by atoms with Crippen LogP contribution >= 0.6 is 12.6 Å². The summed E-state index contributed by atoms with van der Waals surface area (Å²) in [4.78, 5) is 27.9. The number of aromatic nitrogens is 2. The second-order valence-electron chi connectivity index (χ2n) is 7.34. The molecule has 2 aromatic heterocycles. The highest BCUT2D eigenvalue weighted by Crippen LogP contribution is 2.34. The number of alkyl halides is 3. The predicted octanol–water partition coefficient (Wildman–Crippen LogP) is 5.26. The number of para-hydroxylation sites is 1. The molecule has 7 nitrogen and oxygen atoms in total. The van der Waals surface area contributed by atoms with Gasteiger partial charge in [-0.2, -0.15) is 13.2 Å². The fraction of sp³-hybridized carbons (Fsp3) is 0.130. The largest absolute Gasteiger partial charge is 0.417 e. The van der Waals surface area contributed by atoms with E-state index >= 15 is 0 Å². The van der Waals surface area contributed by atoms with E-state index < -0.39 is 27.6 Å². The van der Waals surface area contributed by atoms with E-state index in [4.69, 9.17) is 0 Å². The standard InChI is InChI=1S/C23H17F3N4O3S/c24-23(25,26)17-8-4-5-14-13-16(29(22(31)19(14)17)15-6-2-1-3-7-15)9-11-27-18-10-12-28-21(34)20(18)30(32)33/h1-8,10,12-13H,9,11H2,(H2,27,28,34). The van der Waals surface area contributed by atoms with Gasteiger partial charge in [-0.25, -0.2) is 4.98 Å². The molecule has 4 rings (SSSR count). The van der Waals surface area contributed by atoms with Crippen molar-refractivity contribution in [3.63, 3.8) is 0 Å². The Bertz CT molecular complexity index is 1440. The molecule has 0 spiro atoms. The third kappa shape index (κ3) is 4.46. The Morgan fingerprint density at radius 2 is 1.82 bits per heavy atom. The average Bonchev–Trinajstić information content (AvgIpc) is 2.78. The highest BCUT2D eigenvalue weighted by Gasteiger charge is 2.34. The Morgan fingerprint density at radius 3 is 2.50 bits per heavy atom. The van der Waals surface area contributed by atoms with Crippen molar-refractivity contribution in [2.75, 3.05) is 11.9 Å². The number of halogens is 3. The van der Waals surface area contributed by atoms with Gasteiger partial charge < -0.3 is 5.32 Å². The number of hydrogen-bond acceptors (Lipinski definition) is 6. The van der Waals surface area contributed by atoms with Crippen LogP contribution in [0.2, 0.25) is 0 Å². The molecule has 0 atom stereocenters. The van der Waals surface area contributed by atoms with Crippen LogP contribution in [-0.4, -0.2) is 21.0 Å². The van der Waals surface area contributed by atoms with Crippen molar-refractivity contribution in [3.05, 3.63) is 98.6 Å². The van der Waals surface area contributed by atoms with Crippen molar-refractivity contribution in [2.45, 2.75) is 17.6 Å². The van der Waals surface area contributed by atoms with E-state index in [-0.39, 0.29) is 34.8 Å². The quantitative estimate of drug-likeness (QED) is 0.221. The topological polar surface area (TPSA) is 90.1 Å². The number of nitrogens with zero attached hydrogens (tertiary/aromatic N) is 3. The molecule has 2 aromatic carbocycles. The summed E-state index contributed by atoms with van der Waals surface area (Å²) < 4.78 is 42.1. The van der Waals surface area contributed by atoms with Crippen molar-refractivity contribution >= 4 is 34.8 Å². The summed E-state index contributed by atoms with van der Waals surface area (Å²) in [5, 5.41) is 14.0. The van der Waals surface area contributed by atoms with Gasteiger partial charge in [0, 0.05) is 30.5 Å². The van der Waals surface area contributed by atoms with E-state index in [2.05, 4.69) is 22.9 Å². The van der Waals surface area contributed by atoms with Gasteiger partial charge in [-0.05, 0) is 35.7 Å². The number of pyridine rings is 2. The Hall–Kier alpha value is -3.86. The molecule has 4 aromatic rings. The first kappa shape index (κ1) is 23.3. The summed E-state index contributed by atoms with van der Waals surface area (Å²) >= 11 is 4.02. The van der Waals surface area contributed by atoms with Crippen LogP contribution in [0.25, 0.3) is 16.5 Å². The minimum absolute atomic E-state index is 0.0541. The molecule has 0 fully saturated rings. The fourth-order valence-corrected chi connectivity index (χ4v) is 4.06. The minimum Gasteiger partial charge on any atom is -0.379 e. The maximum Gasteiger partial charge on any atom is 0.417 e. The van der Waals surface area contributed by atoms with Crippen LogP contribution in [0.5, 0.6) is 0 Å². The molecule has 0 aliphatic carbocycles. The molecule has 0 saturated heterocycles. The number of benzene rings is 2. The molecule has 0 amide bonds. The van der Waals surface area contributed by atoms with Crippen molar-refractivity contribution in [3.8, 4) is 5.69 Å². The molecule has 1 N–H and O–H groups in total. The highest BCUT2D eigenvalue weighted by atomic mass is 32.1. The fourth-order valence-electron chi connectivity index (χ4n) is 3.79. The second-order valence-corrected chi connectivity index (χ2v) is 7.77. The molecule has 0 saturated carbocycles. The lowest BCUT2D eigenvalue weighted by Gasteiger charge is -2.17. The smallest absolute Gasteiger partial charge is 0.379 e. The maximum absolute atomic E-state index is 13.6. The highest BCUT2D eigenvalue weighted by molar-refractivity contribution is 7.80. The lowest BCUT2D eigenvalue weighted by atomic mass is 10.0. The van der Waals surface area contributed by atoms with E-state index in [1.165, 1.54) is 35.0 Å². The van der Waals surface area contributed by atoms with Gasteiger partial charge in [-0.1, -0.05) is 30.3 Å². The molecule has 34 heavy (non-hydrogen) atoms. The molecule has 0 bridgehead atoms. The van der Waals surface area contributed by atoms with E-state index in [9.17, 15) is 28.1 Å². The number of nitrogens with one attached hydrogen (secondary N) is 1. The summed E-state index contributed by atoms with van der Waals surface area (Å²) in [7, 11) is 0. The van der Waals surface area contributed by atoms with Gasteiger partial charge in [0.15, 0.2) is 5.03 Å². The number of anilines is 1. The van der Waals surface area contributed by atoms with Crippen LogP contribution in [0.3, 0.4) is 0 Å². The van der Waals surface area contributed by atoms with Gasteiger partial charge in [0.1, 0.15) is 5.69 Å². The monoisotopic (exact) mass is 486 g/mol. The Kier molecular flexibility index (Phi) is 6.29. The zero-order valence-corrected chi connectivity index (χ0v) is 18.3. The van der Waals surface area contributed by atoms with Crippen LogP contribution in [0.4, 0.5) is 24.5 Å². The van der Waals surface area contributed by atoms with Gasteiger partial charge in [0.25, 0.3) is 5.56 Å².